The number of rotatable bonds is 8. The smallest absolute Gasteiger partial charge is 0.407 e. The molecule has 0 radical (unpaired) electrons. The summed E-state index contributed by atoms with van der Waals surface area (Å²) in [5.41, 5.74) is 4.05. The van der Waals surface area contributed by atoms with Crippen molar-refractivity contribution in [2.24, 2.45) is 5.92 Å². The van der Waals surface area contributed by atoms with E-state index in [1.807, 2.05) is 48.5 Å². The number of likely N-dealkylation sites (N-methyl/N-ethyl adjacent to an activating group) is 1. The van der Waals surface area contributed by atoms with E-state index in [9.17, 15) is 14.4 Å². The molecule has 2 N–H and O–H groups in total. The molecule has 0 spiro atoms. The lowest BCUT2D eigenvalue weighted by Crippen LogP contribution is -2.59. The van der Waals surface area contributed by atoms with Gasteiger partial charge in [-0.2, -0.15) is 8.78 Å². The maximum Gasteiger partial charge on any atom is 0.407 e. The van der Waals surface area contributed by atoms with Crippen LogP contribution < -0.4 is 5.32 Å². The van der Waals surface area contributed by atoms with E-state index in [1.54, 1.807) is 0 Å². The number of aliphatic carboxylic acids is 1. The Morgan fingerprint density at radius 3 is 2.12 bits per heavy atom. The van der Waals surface area contributed by atoms with Crippen LogP contribution in [0.15, 0.2) is 48.5 Å². The van der Waals surface area contributed by atoms with Crippen molar-refractivity contribution >= 4 is 18.0 Å². The number of amides is 2. The van der Waals surface area contributed by atoms with Gasteiger partial charge >= 0.3 is 18.0 Å². The molecule has 0 saturated heterocycles. The third-order valence-electron chi connectivity index (χ3n) is 6.64. The van der Waals surface area contributed by atoms with Crippen LogP contribution in [0.5, 0.6) is 0 Å². The van der Waals surface area contributed by atoms with Crippen LogP contribution in [0.4, 0.5) is 13.6 Å². The van der Waals surface area contributed by atoms with Crippen LogP contribution in [0.25, 0.3) is 11.1 Å². The summed E-state index contributed by atoms with van der Waals surface area (Å²) in [7, 11) is 1.01. The molecule has 2 aromatic rings. The van der Waals surface area contributed by atoms with E-state index >= 15 is 8.78 Å². The lowest BCUT2D eigenvalue weighted by atomic mass is 9.98. The molecule has 1 unspecified atom stereocenters. The molecule has 0 aromatic heterocycles. The second kappa shape index (κ2) is 9.04. The molecule has 180 valence electrons. The Hall–Kier alpha value is -3.49. The molecule has 2 aromatic carbocycles. The fourth-order valence-corrected chi connectivity index (χ4v) is 4.41. The number of carbonyl (C=O) groups excluding carboxylic acids is 2. The number of benzene rings is 2. The summed E-state index contributed by atoms with van der Waals surface area (Å²) in [4.78, 5) is 36.6. The minimum atomic E-state index is -3.98. The standard InChI is InChI=1S/C25H26F2N2O5/c1-14(22(30)31)29(2)23(32)25(26,27)21(15-11-12-15)28-24(33)34-13-20-18-9-5-3-7-16(18)17-8-4-6-10-19(17)20/h3-10,14-15,20-21H,11-13H2,1-2H3,(H,28,33)(H,30,31)/t14-,21?/m0/s1. The summed E-state index contributed by atoms with van der Waals surface area (Å²) < 4.78 is 35.5. The number of ether oxygens (including phenoxy) is 1. The number of nitrogens with zero attached hydrogens (tertiary/aromatic N) is 1. The van der Waals surface area contributed by atoms with E-state index < -0.39 is 41.9 Å². The molecular formula is C25H26F2N2O5. The van der Waals surface area contributed by atoms with E-state index in [-0.39, 0.29) is 12.5 Å². The number of carboxylic acids is 1. The van der Waals surface area contributed by atoms with Crippen molar-refractivity contribution in [3.63, 3.8) is 0 Å². The Labute approximate surface area is 195 Å². The number of hydrogen-bond acceptors (Lipinski definition) is 4. The highest BCUT2D eigenvalue weighted by Crippen LogP contribution is 2.45. The maximum atomic E-state index is 15.1. The molecule has 4 rings (SSSR count). The third-order valence-corrected chi connectivity index (χ3v) is 6.64. The number of halogens is 2. The van der Waals surface area contributed by atoms with E-state index in [2.05, 4.69) is 5.32 Å². The average Bonchev–Trinajstić information content (AvgIpc) is 3.61. The Balaban J connectivity index is 1.45. The number of hydrogen-bond donors (Lipinski definition) is 2. The minimum Gasteiger partial charge on any atom is -0.480 e. The predicted molar refractivity (Wildman–Crippen MR) is 120 cm³/mol. The van der Waals surface area contributed by atoms with Gasteiger partial charge in [-0.05, 0) is 47.9 Å². The zero-order chi connectivity index (χ0) is 24.6. The van der Waals surface area contributed by atoms with Crippen molar-refractivity contribution in [2.45, 2.75) is 43.7 Å². The summed E-state index contributed by atoms with van der Waals surface area (Å²) in [6.07, 6.45) is -0.190. The van der Waals surface area contributed by atoms with Gasteiger partial charge in [-0.15, -0.1) is 0 Å². The number of carboxylic acid groups (broad SMARTS) is 1. The van der Waals surface area contributed by atoms with Crippen LogP contribution in [0, 0.1) is 5.92 Å². The van der Waals surface area contributed by atoms with Gasteiger partial charge in [0.15, 0.2) is 0 Å². The molecule has 0 heterocycles. The van der Waals surface area contributed by atoms with E-state index in [0.29, 0.717) is 17.7 Å². The van der Waals surface area contributed by atoms with Crippen LogP contribution in [0.2, 0.25) is 0 Å². The highest BCUT2D eigenvalue weighted by atomic mass is 19.3. The first-order valence-electron chi connectivity index (χ1n) is 11.1. The fraction of sp³-hybridized carbons (Fsp3) is 0.400. The molecule has 0 bridgehead atoms. The van der Waals surface area contributed by atoms with Crippen molar-refractivity contribution in [1.82, 2.24) is 10.2 Å². The maximum absolute atomic E-state index is 15.1. The van der Waals surface area contributed by atoms with Gasteiger partial charge < -0.3 is 20.1 Å². The summed E-state index contributed by atoms with van der Waals surface area (Å²) in [6.45, 7) is 1.09. The molecule has 1 saturated carbocycles. The zero-order valence-electron chi connectivity index (χ0n) is 18.8. The zero-order valence-corrected chi connectivity index (χ0v) is 18.8. The second-order valence-corrected chi connectivity index (χ2v) is 8.84. The van der Waals surface area contributed by atoms with Gasteiger partial charge in [0.25, 0.3) is 5.91 Å². The number of alkyl halides is 2. The van der Waals surface area contributed by atoms with Gasteiger partial charge in [0.05, 0.1) is 0 Å². The first-order chi connectivity index (χ1) is 16.1. The number of alkyl carbamates (subject to hydrolysis) is 1. The Bertz CT molecular complexity index is 1070. The lowest BCUT2D eigenvalue weighted by molar-refractivity contribution is -0.167. The second-order valence-electron chi connectivity index (χ2n) is 8.84. The van der Waals surface area contributed by atoms with Crippen LogP contribution in [0.3, 0.4) is 0 Å². The number of fused-ring (bicyclic) bond motifs is 3. The van der Waals surface area contributed by atoms with E-state index in [0.717, 1.165) is 36.2 Å². The van der Waals surface area contributed by atoms with Gasteiger partial charge in [0.2, 0.25) is 0 Å². The van der Waals surface area contributed by atoms with Gasteiger partial charge in [0, 0.05) is 13.0 Å². The summed E-state index contributed by atoms with van der Waals surface area (Å²) in [5, 5.41) is 11.2. The van der Waals surface area contributed by atoms with Crippen molar-refractivity contribution in [3.05, 3.63) is 59.7 Å². The largest absolute Gasteiger partial charge is 0.480 e. The van der Waals surface area contributed by atoms with Crippen molar-refractivity contribution in [3.8, 4) is 11.1 Å². The SMILES string of the molecule is C[C@@H](C(=O)O)N(C)C(=O)C(F)(F)C(NC(=O)OCC1c2ccccc2-c2ccccc21)C1CC1. The van der Waals surface area contributed by atoms with Gasteiger partial charge in [-0.25, -0.2) is 9.59 Å². The first-order valence-corrected chi connectivity index (χ1v) is 11.1. The molecule has 34 heavy (non-hydrogen) atoms. The van der Waals surface area contributed by atoms with Gasteiger partial charge in [0.1, 0.15) is 18.7 Å². The normalized spacial score (nSPS) is 16.7. The quantitative estimate of drug-likeness (QED) is 0.608. The summed E-state index contributed by atoms with van der Waals surface area (Å²) in [5.74, 6) is -7.86. The Morgan fingerprint density at radius 1 is 1.09 bits per heavy atom. The highest BCUT2D eigenvalue weighted by molar-refractivity contribution is 5.89. The van der Waals surface area contributed by atoms with Crippen LogP contribution >= 0.6 is 0 Å². The molecule has 2 aliphatic carbocycles. The lowest BCUT2D eigenvalue weighted by Gasteiger charge is -2.31. The van der Waals surface area contributed by atoms with Crippen LogP contribution in [0.1, 0.15) is 36.8 Å². The van der Waals surface area contributed by atoms with Crippen molar-refractivity contribution < 1.29 is 33.0 Å². The van der Waals surface area contributed by atoms with E-state index in [4.69, 9.17) is 9.84 Å². The topological polar surface area (TPSA) is 95.9 Å². The Morgan fingerprint density at radius 2 is 1.62 bits per heavy atom. The molecule has 7 nitrogen and oxygen atoms in total. The average molecular weight is 472 g/mol. The van der Waals surface area contributed by atoms with Crippen molar-refractivity contribution in [2.75, 3.05) is 13.7 Å². The molecule has 2 amide bonds. The molecule has 9 heteroatoms. The number of carbonyl (C=O) groups is 3. The molecule has 2 atom stereocenters. The number of nitrogens with one attached hydrogen (secondary N) is 1. The predicted octanol–water partition coefficient (Wildman–Crippen LogP) is 3.87. The summed E-state index contributed by atoms with van der Waals surface area (Å²) in [6, 6.07) is 12.3. The third kappa shape index (κ3) is 4.34. The molecule has 1 fully saturated rings. The van der Waals surface area contributed by atoms with Crippen LogP contribution in [-0.4, -0.2) is 59.6 Å². The van der Waals surface area contributed by atoms with Gasteiger partial charge in [-0.1, -0.05) is 48.5 Å². The molecule has 2 aliphatic rings. The molecule has 0 aliphatic heterocycles. The van der Waals surface area contributed by atoms with E-state index in [1.165, 1.54) is 0 Å². The van der Waals surface area contributed by atoms with Crippen molar-refractivity contribution in [1.29, 1.82) is 0 Å². The monoisotopic (exact) mass is 472 g/mol. The van der Waals surface area contributed by atoms with Crippen LogP contribution in [-0.2, 0) is 14.3 Å². The summed E-state index contributed by atoms with van der Waals surface area (Å²) >= 11 is 0. The Kier molecular flexibility index (Phi) is 6.29. The molecular weight excluding hydrogens is 446 g/mol. The highest BCUT2D eigenvalue weighted by Gasteiger charge is 2.56. The van der Waals surface area contributed by atoms with Gasteiger partial charge in [-0.3, -0.25) is 4.79 Å². The minimum absolute atomic E-state index is 0.0489. The fourth-order valence-electron chi connectivity index (χ4n) is 4.41. The first kappa shape index (κ1) is 23.7.